The Bertz CT molecular complexity index is 845. The zero-order valence-corrected chi connectivity index (χ0v) is 18.5. The number of aromatic nitrogens is 4. The van der Waals surface area contributed by atoms with E-state index in [1.165, 1.54) is 6.33 Å². The molecule has 1 fully saturated rings. The topological polar surface area (TPSA) is 94.7 Å². The van der Waals surface area contributed by atoms with Gasteiger partial charge in [0.05, 0.1) is 30.5 Å². The maximum Gasteiger partial charge on any atom is 0.332 e. The van der Waals surface area contributed by atoms with E-state index in [-0.39, 0.29) is 24.7 Å². The molecule has 0 spiro atoms. The maximum absolute atomic E-state index is 11.5. The number of esters is 1. The molecule has 0 amide bonds. The average molecular weight is 500 g/mol. The number of ether oxygens (including phenoxy) is 2. The standard InChI is InChI=1S/C18H25IN6O3/c1-4-27-14(26)9-28-13-7-5-12(6-8-13)25-18-15(16(19)23-25)17(20-10-21-18)22-11-24(2)3/h10-13H,4-9H2,1-3H3. The van der Waals surface area contributed by atoms with Gasteiger partial charge in [0, 0.05) is 14.1 Å². The van der Waals surface area contributed by atoms with E-state index in [0.717, 1.165) is 40.4 Å². The lowest BCUT2D eigenvalue weighted by molar-refractivity contribution is -0.151. The van der Waals surface area contributed by atoms with E-state index in [1.54, 1.807) is 13.3 Å². The second-order valence-electron chi connectivity index (χ2n) is 6.89. The zero-order chi connectivity index (χ0) is 20.1. The van der Waals surface area contributed by atoms with Crippen LogP contribution in [0.25, 0.3) is 11.0 Å². The van der Waals surface area contributed by atoms with Crippen LogP contribution in [0.3, 0.4) is 0 Å². The number of carbonyl (C=O) groups excluding carboxylic acids is 1. The molecule has 2 aromatic rings. The molecule has 152 valence electrons. The highest BCUT2D eigenvalue weighted by atomic mass is 127. The van der Waals surface area contributed by atoms with Crippen molar-refractivity contribution >= 4 is 51.7 Å². The van der Waals surface area contributed by atoms with Crippen LogP contribution in [0.1, 0.15) is 38.6 Å². The van der Waals surface area contributed by atoms with Gasteiger partial charge in [0.2, 0.25) is 0 Å². The van der Waals surface area contributed by atoms with Gasteiger partial charge in [0.25, 0.3) is 0 Å². The molecule has 0 bridgehead atoms. The van der Waals surface area contributed by atoms with E-state index >= 15 is 0 Å². The molecular formula is C18H25IN6O3. The molecule has 1 aliphatic rings. The highest BCUT2D eigenvalue weighted by Crippen LogP contribution is 2.34. The van der Waals surface area contributed by atoms with Crippen LogP contribution in [0.15, 0.2) is 11.3 Å². The third-order valence-corrected chi connectivity index (χ3v) is 5.32. The predicted molar refractivity (Wildman–Crippen MR) is 114 cm³/mol. The average Bonchev–Trinajstić information content (AvgIpc) is 3.03. The molecule has 0 N–H and O–H groups in total. The van der Waals surface area contributed by atoms with Crippen LogP contribution < -0.4 is 0 Å². The van der Waals surface area contributed by atoms with Crippen molar-refractivity contribution in [3.05, 3.63) is 10.0 Å². The van der Waals surface area contributed by atoms with E-state index in [2.05, 4.69) is 37.6 Å². The summed E-state index contributed by atoms with van der Waals surface area (Å²) < 4.78 is 13.4. The molecule has 1 aliphatic carbocycles. The Labute approximate surface area is 177 Å². The number of nitrogens with zero attached hydrogens (tertiary/aromatic N) is 6. The maximum atomic E-state index is 11.5. The Morgan fingerprint density at radius 2 is 2.11 bits per heavy atom. The van der Waals surface area contributed by atoms with Crippen LogP contribution in [-0.4, -0.2) is 70.4 Å². The molecule has 2 heterocycles. The summed E-state index contributed by atoms with van der Waals surface area (Å²) in [5.41, 5.74) is 0.807. The van der Waals surface area contributed by atoms with Gasteiger partial charge in [-0.15, -0.1) is 0 Å². The van der Waals surface area contributed by atoms with Gasteiger partial charge in [-0.2, -0.15) is 5.10 Å². The number of hydrogen-bond acceptors (Lipinski definition) is 7. The Hall–Kier alpha value is -1.82. The molecule has 0 radical (unpaired) electrons. The van der Waals surface area contributed by atoms with Crippen LogP contribution >= 0.6 is 22.6 Å². The summed E-state index contributed by atoms with van der Waals surface area (Å²) in [5.74, 6) is 0.320. The van der Waals surface area contributed by atoms with Crippen LogP contribution in [0, 0.1) is 3.70 Å². The molecule has 0 aromatic carbocycles. The van der Waals surface area contributed by atoms with Crippen LogP contribution in [-0.2, 0) is 14.3 Å². The highest BCUT2D eigenvalue weighted by molar-refractivity contribution is 14.1. The Morgan fingerprint density at radius 1 is 1.36 bits per heavy atom. The fourth-order valence-corrected chi connectivity index (χ4v) is 4.00. The van der Waals surface area contributed by atoms with Crippen molar-refractivity contribution in [1.82, 2.24) is 24.6 Å². The number of fused-ring (bicyclic) bond motifs is 1. The van der Waals surface area contributed by atoms with E-state index in [0.29, 0.717) is 12.4 Å². The third kappa shape index (κ3) is 4.96. The van der Waals surface area contributed by atoms with Crippen molar-refractivity contribution in [1.29, 1.82) is 0 Å². The summed E-state index contributed by atoms with van der Waals surface area (Å²) in [6.07, 6.45) is 6.92. The Morgan fingerprint density at radius 3 is 2.79 bits per heavy atom. The SMILES string of the molecule is CCOC(=O)COC1CCC(n2nc(I)c3c(N=CN(C)C)ncnc32)CC1. The second-order valence-corrected chi connectivity index (χ2v) is 7.91. The normalized spacial score (nSPS) is 20.0. The predicted octanol–water partition coefficient (Wildman–Crippen LogP) is 2.72. The molecular weight excluding hydrogens is 475 g/mol. The van der Waals surface area contributed by atoms with Crippen LogP contribution in [0.2, 0.25) is 0 Å². The minimum absolute atomic E-state index is 0.0201. The van der Waals surface area contributed by atoms with Gasteiger partial charge in [0.15, 0.2) is 11.5 Å². The first-order chi connectivity index (χ1) is 13.5. The van der Waals surface area contributed by atoms with Gasteiger partial charge in [-0.25, -0.2) is 24.4 Å². The fraction of sp³-hybridized carbons (Fsp3) is 0.611. The molecule has 3 rings (SSSR count). The molecule has 0 aliphatic heterocycles. The lowest BCUT2D eigenvalue weighted by Crippen LogP contribution is -2.26. The Balaban J connectivity index is 1.70. The van der Waals surface area contributed by atoms with Crippen molar-refractivity contribution in [2.45, 2.75) is 44.8 Å². The molecule has 2 aromatic heterocycles. The molecule has 0 unspecified atom stereocenters. The summed E-state index contributed by atoms with van der Waals surface area (Å²) in [5, 5.41) is 5.60. The van der Waals surface area contributed by atoms with E-state index in [9.17, 15) is 4.79 Å². The largest absolute Gasteiger partial charge is 0.464 e. The van der Waals surface area contributed by atoms with Crippen molar-refractivity contribution in [2.24, 2.45) is 4.99 Å². The fourth-order valence-electron chi connectivity index (χ4n) is 3.29. The van der Waals surface area contributed by atoms with Crippen LogP contribution in [0.4, 0.5) is 5.82 Å². The lowest BCUT2D eigenvalue weighted by atomic mass is 9.93. The number of aliphatic imine (C=N–C) groups is 1. The quantitative estimate of drug-likeness (QED) is 0.250. The molecule has 10 heteroatoms. The number of rotatable bonds is 7. The summed E-state index contributed by atoms with van der Waals surface area (Å²) in [6, 6.07) is 0.244. The van der Waals surface area contributed by atoms with Gasteiger partial charge in [-0.05, 0) is 55.2 Å². The van der Waals surface area contributed by atoms with Gasteiger partial charge in [0.1, 0.15) is 16.6 Å². The zero-order valence-electron chi connectivity index (χ0n) is 16.3. The monoisotopic (exact) mass is 500 g/mol. The molecule has 0 saturated heterocycles. The first kappa shape index (κ1) is 20.9. The number of hydrogen-bond donors (Lipinski definition) is 0. The van der Waals surface area contributed by atoms with Crippen LogP contribution in [0.5, 0.6) is 0 Å². The minimum atomic E-state index is -0.306. The van der Waals surface area contributed by atoms with Crippen molar-refractivity contribution in [3.63, 3.8) is 0 Å². The third-order valence-electron chi connectivity index (χ3n) is 4.57. The van der Waals surface area contributed by atoms with Gasteiger partial charge < -0.3 is 14.4 Å². The lowest BCUT2D eigenvalue weighted by Gasteiger charge is -2.28. The van der Waals surface area contributed by atoms with Gasteiger partial charge in [-0.3, -0.25) is 0 Å². The minimum Gasteiger partial charge on any atom is -0.464 e. The Kier molecular flexibility index (Phi) is 7.16. The van der Waals surface area contributed by atoms with E-state index in [4.69, 9.17) is 14.6 Å². The second kappa shape index (κ2) is 9.59. The van der Waals surface area contributed by atoms with Crippen molar-refractivity contribution in [2.75, 3.05) is 27.3 Å². The molecule has 9 nitrogen and oxygen atoms in total. The van der Waals surface area contributed by atoms with Gasteiger partial charge >= 0.3 is 5.97 Å². The summed E-state index contributed by atoms with van der Waals surface area (Å²) >= 11 is 2.21. The van der Waals surface area contributed by atoms with E-state index < -0.39 is 0 Å². The highest BCUT2D eigenvalue weighted by Gasteiger charge is 2.27. The first-order valence-corrected chi connectivity index (χ1v) is 10.4. The van der Waals surface area contributed by atoms with Crippen molar-refractivity contribution < 1.29 is 14.3 Å². The van der Waals surface area contributed by atoms with Crippen molar-refractivity contribution in [3.8, 4) is 0 Å². The number of carbonyl (C=O) groups is 1. The first-order valence-electron chi connectivity index (χ1n) is 9.36. The number of halogens is 1. The summed E-state index contributed by atoms with van der Waals surface area (Å²) in [7, 11) is 3.83. The smallest absolute Gasteiger partial charge is 0.332 e. The molecule has 0 atom stereocenters. The van der Waals surface area contributed by atoms with E-state index in [1.807, 2.05) is 23.7 Å². The summed E-state index contributed by atoms with van der Waals surface area (Å²) in [6.45, 7) is 2.19. The molecule has 28 heavy (non-hydrogen) atoms. The molecule has 1 saturated carbocycles. The van der Waals surface area contributed by atoms with Gasteiger partial charge in [-0.1, -0.05) is 0 Å². The summed E-state index contributed by atoms with van der Waals surface area (Å²) in [4.78, 5) is 26.5.